The van der Waals surface area contributed by atoms with Gasteiger partial charge in [0.05, 0.1) is 11.1 Å². The van der Waals surface area contributed by atoms with E-state index in [9.17, 15) is 4.79 Å². The summed E-state index contributed by atoms with van der Waals surface area (Å²) in [6.07, 6.45) is 1.74. The van der Waals surface area contributed by atoms with Crippen LogP contribution in [-0.2, 0) is 4.79 Å². The van der Waals surface area contributed by atoms with Crippen molar-refractivity contribution in [2.75, 3.05) is 5.32 Å². The highest BCUT2D eigenvalue weighted by molar-refractivity contribution is 7.14. The van der Waals surface area contributed by atoms with Crippen LogP contribution in [-0.4, -0.2) is 15.9 Å². The molecule has 3 aromatic rings. The number of ether oxygens (including phenoxy) is 1. The van der Waals surface area contributed by atoms with Crippen LogP contribution in [0.5, 0.6) is 5.75 Å². The largest absolute Gasteiger partial charge is 0.426 e. The first-order valence-corrected chi connectivity index (χ1v) is 8.76. The van der Waals surface area contributed by atoms with Crippen LogP contribution in [0.15, 0.2) is 54.0 Å². The standard InChI is InChI=1S/C19H19N3O2S/c1-19(2,3)17(23)24-14-8-6-7-13(11-14)21-18-22-16(12-25-18)15-9-4-5-10-20-15/h4-12H,1-3H3,(H,21,22). The summed E-state index contributed by atoms with van der Waals surface area (Å²) in [4.78, 5) is 20.8. The van der Waals surface area contributed by atoms with E-state index in [4.69, 9.17) is 4.74 Å². The third-order valence-electron chi connectivity index (χ3n) is 3.34. The maximum absolute atomic E-state index is 12.0. The number of nitrogens with zero attached hydrogens (tertiary/aromatic N) is 2. The molecule has 0 spiro atoms. The Kier molecular flexibility index (Phi) is 4.81. The van der Waals surface area contributed by atoms with E-state index in [-0.39, 0.29) is 5.97 Å². The van der Waals surface area contributed by atoms with Crippen molar-refractivity contribution in [3.63, 3.8) is 0 Å². The quantitative estimate of drug-likeness (QED) is 0.534. The normalized spacial score (nSPS) is 11.2. The molecule has 0 amide bonds. The number of carbonyl (C=O) groups is 1. The number of pyridine rings is 1. The van der Waals surface area contributed by atoms with Crippen LogP contribution in [0.1, 0.15) is 20.8 Å². The number of nitrogens with one attached hydrogen (secondary N) is 1. The number of hydrogen-bond acceptors (Lipinski definition) is 6. The first kappa shape index (κ1) is 17.1. The third-order valence-corrected chi connectivity index (χ3v) is 4.10. The Balaban J connectivity index is 1.73. The van der Waals surface area contributed by atoms with E-state index in [1.807, 2.05) is 56.5 Å². The van der Waals surface area contributed by atoms with E-state index in [1.165, 1.54) is 11.3 Å². The average Bonchev–Trinajstić information content (AvgIpc) is 3.03. The second-order valence-electron chi connectivity index (χ2n) is 6.55. The molecule has 25 heavy (non-hydrogen) atoms. The van der Waals surface area contributed by atoms with E-state index in [2.05, 4.69) is 15.3 Å². The summed E-state index contributed by atoms with van der Waals surface area (Å²) in [5.41, 5.74) is 1.92. The number of aromatic nitrogens is 2. The minimum Gasteiger partial charge on any atom is -0.426 e. The number of esters is 1. The van der Waals surface area contributed by atoms with Crippen LogP contribution in [0.25, 0.3) is 11.4 Å². The van der Waals surface area contributed by atoms with Gasteiger partial charge in [0.1, 0.15) is 11.4 Å². The topological polar surface area (TPSA) is 64.1 Å². The van der Waals surface area contributed by atoms with Gasteiger partial charge in [0.25, 0.3) is 0 Å². The molecule has 0 radical (unpaired) electrons. The fraction of sp³-hybridized carbons (Fsp3) is 0.211. The Morgan fingerprint density at radius 2 is 1.96 bits per heavy atom. The van der Waals surface area contributed by atoms with Crippen molar-refractivity contribution in [1.29, 1.82) is 0 Å². The summed E-state index contributed by atoms with van der Waals surface area (Å²) in [6, 6.07) is 13.0. The van der Waals surface area contributed by atoms with Crippen LogP contribution in [0, 0.1) is 5.41 Å². The molecule has 6 heteroatoms. The predicted molar refractivity (Wildman–Crippen MR) is 100 cm³/mol. The summed E-state index contributed by atoms with van der Waals surface area (Å²) >= 11 is 1.49. The number of anilines is 2. The van der Waals surface area contributed by atoms with Crippen molar-refractivity contribution >= 4 is 28.1 Å². The molecule has 1 N–H and O–H groups in total. The second kappa shape index (κ2) is 7.03. The predicted octanol–water partition coefficient (Wildman–Crippen LogP) is 4.90. The number of rotatable bonds is 4. The first-order chi connectivity index (χ1) is 11.9. The monoisotopic (exact) mass is 353 g/mol. The Morgan fingerprint density at radius 3 is 2.68 bits per heavy atom. The van der Waals surface area contributed by atoms with E-state index < -0.39 is 5.41 Å². The van der Waals surface area contributed by atoms with Crippen molar-refractivity contribution in [3.05, 3.63) is 54.0 Å². The van der Waals surface area contributed by atoms with Gasteiger partial charge in [0.15, 0.2) is 5.13 Å². The van der Waals surface area contributed by atoms with Gasteiger partial charge in [0.2, 0.25) is 0 Å². The van der Waals surface area contributed by atoms with Gasteiger partial charge in [-0.3, -0.25) is 9.78 Å². The van der Waals surface area contributed by atoms with Crippen LogP contribution >= 0.6 is 11.3 Å². The van der Waals surface area contributed by atoms with Crippen LogP contribution in [0.4, 0.5) is 10.8 Å². The van der Waals surface area contributed by atoms with E-state index >= 15 is 0 Å². The number of benzene rings is 1. The van der Waals surface area contributed by atoms with Gasteiger partial charge in [-0.05, 0) is 45.0 Å². The van der Waals surface area contributed by atoms with Crippen molar-refractivity contribution in [3.8, 4) is 17.1 Å². The summed E-state index contributed by atoms with van der Waals surface area (Å²) in [5.74, 6) is 0.239. The maximum Gasteiger partial charge on any atom is 0.316 e. The zero-order valence-corrected chi connectivity index (χ0v) is 15.1. The summed E-state index contributed by atoms with van der Waals surface area (Å²) in [6.45, 7) is 5.48. The molecule has 0 aliphatic heterocycles. The molecule has 0 aliphatic rings. The fourth-order valence-corrected chi connectivity index (χ4v) is 2.71. The summed E-state index contributed by atoms with van der Waals surface area (Å²) in [7, 11) is 0. The minimum absolute atomic E-state index is 0.267. The summed E-state index contributed by atoms with van der Waals surface area (Å²) in [5, 5.41) is 5.94. The van der Waals surface area contributed by atoms with Gasteiger partial charge >= 0.3 is 5.97 Å². The number of thiazole rings is 1. The number of carbonyl (C=O) groups excluding carboxylic acids is 1. The van der Waals surface area contributed by atoms with Crippen LogP contribution in [0.2, 0.25) is 0 Å². The van der Waals surface area contributed by atoms with Gasteiger partial charge in [-0.1, -0.05) is 12.1 Å². The summed E-state index contributed by atoms with van der Waals surface area (Å²) < 4.78 is 5.43. The lowest BCUT2D eigenvalue weighted by Crippen LogP contribution is -2.25. The molecule has 2 aromatic heterocycles. The Labute approximate surface area is 150 Å². The smallest absolute Gasteiger partial charge is 0.316 e. The molecule has 0 aliphatic carbocycles. The molecule has 0 fully saturated rings. The molecule has 3 rings (SSSR count). The molecular formula is C19H19N3O2S. The average molecular weight is 353 g/mol. The van der Waals surface area contributed by atoms with Gasteiger partial charge in [-0.15, -0.1) is 11.3 Å². The van der Waals surface area contributed by atoms with Gasteiger partial charge in [-0.25, -0.2) is 4.98 Å². The molecule has 0 saturated carbocycles. The van der Waals surface area contributed by atoms with E-state index in [0.717, 1.165) is 22.2 Å². The molecule has 0 unspecified atom stereocenters. The lowest BCUT2D eigenvalue weighted by atomic mass is 9.97. The molecule has 0 atom stereocenters. The second-order valence-corrected chi connectivity index (χ2v) is 7.40. The van der Waals surface area contributed by atoms with Gasteiger partial charge < -0.3 is 10.1 Å². The molecule has 1 aromatic carbocycles. The molecule has 5 nitrogen and oxygen atoms in total. The third kappa shape index (κ3) is 4.42. The SMILES string of the molecule is CC(C)(C)C(=O)Oc1cccc(Nc2nc(-c3ccccn3)cs2)c1. The number of hydrogen-bond donors (Lipinski definition) is 1. The Hall–Kier alpha value is -2.73. The van der Waals surface area contributed by atoms with Crippen molar-refractivity contribution in [2.45, 2.75) is 20.8 Å². The highest BCUT2D eigenvalue weighted by atomic mass is 32.1. The van der Waals surface area contributed by atoms with Crippen molar-refractivity contribution in [2.24, 2.45) is 5.41 Å². The van der Waals surface area contributed by atoms with Gasteiger partial charge in [0, 0.05) is 23.3 Å². The molecular weight excluding hydrogens is 334 g/mol. The van der Waals surface area contributed by atoms with Crippen LogP contribution < -0.4 is 10.1 Å². The molecule has 0 saturated heterocycles. The highest BCUT2D eigenvalue weighted by Crippen LogP contribution is 2.28. The van der Waals surface area contributed by atoms with E-state index in [1.54, 1.807) is 18.3 Å². The molecule has 0 bridgehead atoms. The lowest BCUT2D eigenvalue weighted by Gasteiger charge is -2.16. The Morgan fingerprint density at radius 1 is 1.12 bits per heavy atom. The fourth-order valence-electron chi connectivity index (χ4n) is 1.98. The van der Waals surface area contributed by atoms with Crippen molar-refractivity contribution in [1.82, 2.24) is 9.97 Å². The van der Waals surface area contributed by atoms with E-state index in [0.29, 0.717) is 5.75 Å². The van der Waals surface area contributed by atoms with Crippen LogP contribution in [0.3, 0.4) is 0 Å². The van der Waals surface area contributed by atoms with Crippen molar-refractivity contribution < 1.29 is 9.53 Å². The zero-order valence-electron chi connectivity index (χ0n) is 14.3. The molecule has 128 valence electrons. The zero-order chi connectivity index (χ0) is 17.9. The Bertz CT molecular complexity index is 870. The highest BCUT2D eigenvalue weighted by Gasteiger charge is 2.23. The lowest BCUT2D eigenvalue weighted by molar-refractivity contribution is -0.142. The minimum atomic E-state index is -0.545. The molecule has 2 heterocycles. The first-order valence-electron chi connectivity index (χ1n) is 7.88. The van der Waals surface area contributed by atoms with Gasteiger partial charge in [-0.2, -0.15) is 0 Å². The maximum atomic E-state index is 12.0.